The van der Waals surface area contributed by atoms with E-state index in [4.69, 9.17) is 5.48 Å². The van der Waals surface area contributed by atoms with Gasteiger partial charge in [0.1, 0.15) is 5.78 Å². The molecule has 4 atom stereocenters. The van der Waals surface area contributed by atoms with Gasteiger partial charge in [0.05, 0.1) is 0 Å². The Morgan fingerprint density at radius 3 is 3.12 bits per heavy atom. The zero-order valence-electron chi connectivity index (χ0n) is 8.42. The van der Waals surface area contributed by atoms with E-state index in [0.717, 1.165) is 0 Å². The minimum Gasteiger partial charge on any atom is -0.299 e. The molecule has 2 saturated carbocycles. The second-order valence-electron chi connectivity index (χ2n) is 2.34. The summed E-state index contributed by atoms with van der Waals surface area (Å²) in [6.07, 6.45) is -2.81. The molecule has 0 amide bonds. The van der Waals surface area contributed by atoms with Crippen LogP contribution < -0.4 is 0 Å². The lowest BCUT2D eigenvalue weighted by atomic mass is 10.00. The Balaban J connectivity index is 2.36. The zero-order valence-corrected chi connectivity index (χ0v) is 4.42. The van der Waals surface area contributed by atoms with Crippen molar-refractivity contribution in [3.63, 3.8) is 0 Å². The van der Waals surface area contributed by atoms with Crippen molar-refractivity contribution in [2.45, 2.75) is 25.6 Å². The van der Waals surface area contributed by atoms with Crippen molar-refractivity contribution >= 4 is 5.78 Å². The maximum atomic E-state index is 11.3. The number of fused-ring (bicyclic) bond motifs is 2. The SMILES string of the molecule is [2H][C@@H]1[C@@H]([2H])[C@@H]2C[C@H]1C(=O)C2([2H])[2H]. The number of carbonyl (C=O) groups is 1. The molecule has 0 aromatic carbocycles. The number of Topliss-reactive ketones (excluding diaryl/α,β-unsaturated/α-hetero) is 1. The van der Waals surface area contributed by atoms with E-state index in [-0.39, 0.29) is 0 Å². The minimum absolute atomic E-state index is 0.411. The van der Waals surface area contributed by atoms with Crippen LogP contribution in [0.2, 0.25) is 0 Å². The topological polar surface area (TPSA) is 17.1 Å². The van der Waals surface area contributed by atoms with Crippen molar-refractivity contribution in [2.75, 3.05) is 0 Å². The van der Waals surface area contributed by atoms with Crippen LogP contribution in [0.1, 0.15) is 31.1 Å². The number of carbonyl (C=O) groups excluding carboxylic acids is 1. The third-order valence-electron chi connectivity index (χ3n) is 1.75. The van der Waals surface area contributed by atoms with E-state index in [1.807, 2.05) is 0 Å². The first-order valence-electron chi connectivity index (χ1n) is 5.00. The Labute approximate surface area is 54.7 Å². The Kier molecular flexibility index (Phi) is 0.355. The Hall–Kier alpha value is -0.330. The third-order valence-corrected chi connectivity index (χ3v) is 1.75. The summed E-state index contributed by atoms with van der Waals surface area (Å²) < 4.78 is 29.8. The van der Waals surface area contributed by atoms with E-state index in [2.05, 4.69) is 0 Å². The second kappa shape index (κ2) is 1.34. The summed E-state index contributed by atoms with van der Waals surface area (Å²) in [5.74, 6) is -1.49. The summed E-state index contributed by atoms with van der Waals surface area (Å²) in [5, 5.41) is 0. The van der Waals surface area contributed by atoms with Crippen LogP contribution in [-0.2, 0) is 4.79 Å². The van der Waals surface area contributed by atoms with Gasteiger partial charge >= 0.3 is 0 Å². The fourth-order valence-corrected chi connectivity index (χ4v) is 1.29. The van der Waals surface area contributed by atoms with E-state index in [0.29, 0.717) is 6.42 Å². The maximum absolute atomic E-state index is 11.3. The fourth-order valence-electron chi connectivity index (χ4n) is 1.29. The zero-order chi connectivity index (χ0) is 9.09. The van der Waals surface area contributed by atoms with Gasteiger partial charge in [-0.3, -0.25) is 4.79 Å². The van der Waals surface area contributed by atoms with Crippen molar-refractivity contribution in [2.24, 2.45) is 11.8 Å². The highest BCUT2D eigenvalue weighted by Gasteiger charge is 2.37. The number of hydrogen-bond donors (Lipinski definition) is 0. The van der Waals surface area contributed by atoms with E-state index >= 15 is 0 Å². The Morgan fingerprint density at radius 1 is 1.62 bits per heavy atom. The summed E-state index contributed by atoms with van der Waals surface area (Å²) in [6.45, 7) is 0. The molecule has 0 unspecified atom stereocenters. The van der Waals surface area contributed by atoms with Crippen LogP contribution in [0.25, 0.3) is 0 Å². The van der Waals surface area contributed by atoms with Crippen LogP contribution in [0, 0.1) is 11.8 Å². The molecular weight excluding hydrogens is 100 g/mol. The predicted octanol–water partition coefficient (Wildman–Crippen LogP) is 1.38. The molecule has 1 heteroatoms. The van der Waals surface area contributed by atoms with Gasteiger partial charge in [-0.05, 0) is 25.1 Å². The van der Waals surface area contributed by atoms with Crippen molar-refractivity contribution in [3.05, 3.63) is 0 Å². The molecule has 2 bridgehead atoms. The number of hydrogen-bond acceptors (Lipinski definition) is 1. The fraction of sp³-hybridized carbons (Fsp3) is 0.857. The number of ketones is 1. The summed E-state index contributed by atoms with van der Waals surface area (Å²) in [5.41, 5.74) is 0. The highest BCUT2D eigenvalue weighted by molar-refractivity contribution is 5.84. The molecule has 0 heterocycles. The Bertz CT molecular complexity index is 240. The van der Waals surface area contributed by atoms with E-state index in [1.165, 1.54) is 0 Å². The lowest BCUT2D eigenvalue weighted by Gasteiger charge is -2.04. The third kappa shape index (κ3) is 0.445. The van der Waals surface area contributed by atoms with E-state index < -0.39 is 36.8 Å². The summed E-state index contributed by atoms with van der Waals surface area (Å²) in [6, 6.07) is 0. The van der Waals surface area contributed by atoms with Crippen molar-refractivity contribution in [1.29, 1.82) is 0 Å². The predicted molar refractivity (Wildman–Crippen MR) is 30.5 cm³/mol. The first-order valence-corrected chi connectivity index (χ1v) is 2.85. The van der Waals surface area contributed by atoms with Crippen LogP contribution in [-0.4, -0.2) is 5.78 Å². The van der Waals surface area contributed by atoms with E-state index in [1.54, 1.807) is 0 Å². The average molecular weight is 114 g/mol. The van der Waals surface area contributed by atoms with Gasteiger partial charge in [0, 0.05) is 17.8 Å². The Morgan fingerprint density at radius 2 is 2.50 bits per heavy atom. The van der Waals surface area contributed by atoms with Gasteiger partial charge < -0.3 is 0 Å². The molecule has 0 aliphatic heterocycles. The monoisotopic (exact) mass is 114 g/mol. The largest absolute Gasteiger partial charge is 0.299 e. The van der Waals surface area contributed by atoms with Crippen LogP contribution in [0.5, 0.6) is 0 Å². The first kappa shape index (κ1) is 2.13. The van der Waals surface area contributed by atoms with Crippen molar-refractivity contribution in [3.8, 4) is 0 Å². The number of rotatable bonds is 0. The molecule has 0 aromatic rings. The summed E-state index contributed by atoms with van der Waals surface area (Å²) >= 11 is 0. The van der Waals surface area contributed by atoms with Gasteiger partial charge in [0.2, 0.25) is 0 Å². The van der Waals surface area contributed by atoms with Crippen molar-refractivity contribution in [1.82, 2.24) is 0 Å². The smallest absolute Gasteiger partial charge is 0.136 e. The van der Waals surface area contributed by atoms with Gasteiger partial charge in [-0.25, -0.2) is 0 Å². The summed E-state index contributed by atoms with van der Waals surface area (Å²) in [4.78, 5) is 11.3. The quantitative estimate of drug-likeness (QED) is 0.465. The molecule has 2 rings (SSSR count). The summed E-state index contributed by atoms with van der Waals surface area (Å²) in [7, 11) is 0. The molecule has 44 valence electrons. The lowest BCUT2D eigenvalue weighted by Crippen LogP contribution is -2.07. The van der Waals surface area contributed by atoms with Gasteiger partial charge in [-0.2, -0.15) is 0 Å². The molecule has 0 aromatic heterocycles. The van der Waals surface area contributed by atoms with Gasteiger partial charge in [0.15, 0.2) is 0 Å². The lowest BCUT2D eigenvalue weighted by molar-refractivity contribution is -0.121. The molecule has 0 radical (unpaired) electrons. The van der Waals surface area contributed by atoms with Gasteiger partial charge in [-0.15, -0.1) is 0 Å². The highest BCUT2D eigenvalue weighted by atomic mass is 16.1. The van der Waals surface area contributed by atoms with Crippen molar-refractivity contribution < 1.29 is 10.3 Å². The molecule has 2 aliphatic rings. The second-order valence-corrected chi connectivity index (χ2v) is 2.34. The van der Waals surface area contributed by atoms with Crippen LogP contribution in [0.3, 0.4) is 0 Å². The normalized spacial score (nSPS) is 75.8. The molecule has 2 fully saturated rings. The first-order chi connectivity index (χ1) is 5.46. The minimum atomic E-state index is -1.82. The van der Waals surface area contributed by atoms with Gasteiger partial charge in [0.25, 0.3) is 0 Å². The van der Waals surface area contributed by atoms with Crippen LogP contribution >= 0.6 is 0 Å². The standard InChI is InChI=1S/C7H10O/c8-7-4-5-1-2-6(7)3-5/h5-6H,1-4H2/t5-,6+/m1/s1/i1D,2D,4D2/t1-,2-,5-,6+. The molecule has 0 spiro atoms. The van der Waals surface area contributed by atoms with E-state index in [9.17, 15) is 4.79 Å². The molecule has 2 aliphatic carbocycles. The maximum Gasteiger partial charge on any atom is 0.136 e. The average Bonchev–Trinajstić information content (AvgIpc) is 2.38. The van der Waals surface area contributed by atoms with Crippen LogP contribution in [0.4, 0.5) is 0 Å². The van der Waals surface area contributed by atoms with Crippen LogP contribution in [0.15, 0.2) is 0 Å². The molecule has 8 heavy (non-hydrogen) atoms. The molecule has 1 nitrogen and oxygen atoms in total. The molecular formula is C7H10O. The molecule has 0 saturated heterocycles. The molecule has 0 N–H and O–H groups in total. The highest BCUT2D eigenvalue weighted by Crippen LogP contribution is 2.41. The van der Waals surface area contributed by atoms with Gasteiger partial charge in [-0.1, -0.05) is 0 Å².